The second-order valence-corrected chi connectivity index (χ2v) is 3.74. The molecule has 3 nitrogen and oxygen atoms in total. The molecule has 1 saturated heterocycles. The van der Waals surface area contributed by atoms with Crippen molar-refractivity contribution in [1.29, 1.82) is 0 Å². The molecule has 16 heavy (non-hydrogen) atoms. The Labute approximate surface area is 96.0 Å². The third-order valence-electron chi connectivity index (χ3n) is 2.69. The maximum atomic E-state index is 8.81. The summed E-state index contributed by atoms with van der Waals surface area (Å²) < 4.78 is 5.34. The minimum Gasteiger partial charge on any atom is -0.392 e. The molecular weight excluding hydrogens is 202 g/mol. The molecule has 1 aliphatic rings. The van der Waals surface area contributed by atoms with E-state index < -0.39 is 0 Å². The number of hydrogen-bond acceptors (Lipinski definition) is 3. The Bertz CT molecular complexity index is 357. The highest BCUT2D eigenvalue weighted by Gasteiger charge is 2.12. The van der Waals surface area contributed by atoms with Gasteiger partial charge in [0.2, 0.25) is 0 Å². The van der Waals surface area contributed by atoms with Crippen LogP contribution in [0.3, 0.4) is 0 Å². The van der Waals surface area contributed by atoms with Gasteiger partial charge in [-0.15, -0.1) is 0 Å². The molecule has 86 valence electrons. The van der Waals surface area contributed by atoms with Gasteiger partial charge in [0.15, 0.2) is 0 Å². The largest absolute Gasteiger partial charge is 0.392 e. The first-order valence-electron chi connectivity index (χ1n) is 5.61. The second-order valence-electron chi connectivity index (χ2n) is 3.74. The lowest BCUT2D eigenvalue weighted by Gasteiger charge is -2.30. The number of rotatable bonds is 3. The van der Waals surface area contributed by atoms with Gasteiger partial charge in [0.1, 0.15) is 0 Å². The summed E-state index contributed by atoms with van der Waals surface area (Å²) in [5.41, 5.74) is 2.37. The van der Waals surface area contributed by atoms with Gasteiger partial charge in [0, 0.05) is 18.8 Å². The second kappa shape index (κ2) is 5.68. The summed E-state index contributed by atoms with van der Waals surface area (Å²) in [7, 11) is 0. The normalized spacial score (nSPS) is 16.9. The van der Waals surface area contributed by atoms with E-state index in [0.717, 1.165) is 31.9 Å². The van der Waals surface area contributed by atoms with E-state index in [2.05, 4.69) is 17.0 Å². The van der Waals surface area contributed by atoms with E-state index in [-0.39, 0.29) is 6.61 Å². The number of nitrogens with zero attached hydrogens (tertiary/aromatic N) is 1. The smallest absolute Gasteiger partial charge is 0.0642 e. The third kappa shape index (κ3) is 2.62. The zero-order valence-electron chi connectivity index (χ0n) is 9.30. The van der Waals surface area contributed by atoms with E-state index in [1.54, 1.807) is 6.08 Å². The number of ether oxygens (including phenoxy) is 1. The van der Waals surface area contributed by atoms with Gasteiger partial charge in [-0.3, -0.25) is 0 Å². The van der Waals surface area contributed by atoms with Gasteiger partial charge in [-0.25, -0.2) is 0 Å². The Kier molecular flexibility index (Phi) is 3.97. The lowest BCUT2D eigenvalue weighted by molar-refractivity contribution is 0.122. The van der Waals surface area contributed by atoms with Gasteiger partial charge in [-0.05, 0) is 11.6 Å². The molecule has 1 aromatic rings. The Morgan fingerprint density at radius 2 is 2.00 bits per heavy atom. The van der Waals surface area contributed by atoms with E-state index in [1.807, 2.05) is 18.2 Å². The molecule has 1 N–H and O–H groups in total. The zero-order chi connectivity index (χ0) is 11.2. The summed E-state index contributed by atoms with van der Waals surface area (Å²) in [6.07, 6.45) is 3.73. The average Bonchev–Trinajstić information content (AvgIpc) is 2.38. The summed E-state index contributed by atoms with van der Waals surface area (Å²) in [6, 6.07) is 8.24. The van der Waals surface area contributed by atoms with Crippen LogP contribution in [0.5, 0.6) is 0 Å². The molecule has 0 aliphatic carbocycles. The quantitative estimate of drug-likeness (QED) is 0.836. The van der Waals surface area contributed by atoms with Crippen molar-refractivity contribution >= 4 is 11.8 Å². The molecule has 1 heterocycles. The van der Waals surface area contributed by atoms with Crippen LogP contribution in [-0.2, 0) is 4.74 Å². The number of benzene rings is 1. The molecule has 0 aromatic heterocycles. The van der Waals surface area contributed by atoms with Crippen LogP contribution >= 0.6 is 0 Å². The van der Waals surface area contributed by atoms with Gasteiger partial charge >= 0.3 is 0 Å². The van der Waals surface area contributed by atoms with E-state index in [9.17, 15) is 0 Å². The number of morpholine rings is 1. The number of hydrogen-bond donors (Lipinski definition) is 1. The van der Waals surface area contributed by atoms with Crippen LogP contribution in [0.25, 0.3) is 6.08 Å². The fourth-order valence-corrected chi connectivity index (χ4v) is 1.90. The van der Waals surface area contributed by atoms with Crippen molar-refractivity contribution in [3.63, 3.8) is 0 Å². The molecule has 0 radical (unpaired) electrons. The molecule has 0 spiro atoms. The lowest BCUT2D eigenvalue weighted by atomic mass is 10.1. The predicted octanol–water partition coefficient (Wildman–Crippen LogP) is 1.53. The van der Waals surface area contributed by atoms with Gasteiger partial charge < -0.3 is 14.7 Å². The lowest BCUT2D eigenvalue weighted by Crippen LogP contribution is -2.36. The first kappa shape index (κ1) is 11.2. The molecular formula is C13H17NO2. The molecule has 0 atom stereocenters. The van der Waals surface area contributed by atoms with Gasteiger partial charge in [0.05, 0.1) is 19.8 Å². The Balaban J connectivity index is 2.20. The highest BCUT2D eigenvalue weighted by atomic mass is 16.5. The van der Waals surface area contributed by atoms with Crippen molar-refractivity contribution in [3.8, 4) is 0 Å². The fourth-order valence-electron chi connectivity index (χ4n) is 1.90. The molecule has 0 saturated carbocycles. The number of para-hydroxylation sites is 1. The van der Waals surface area contributed by atoms with Crippen molar-refractivity contribution in [2.24, 2.45) is 0 Å². The number of aliphatic hydroxyl groups excluding tert-OH is 1. The van der Waals surface area contributed by atoms with Crippen LogP contribution < -0.4 is 4.90 Å². The molecule has 1 aliphatic heterocycles. The fraction of sp³-hybridized carbons (Fsp3) is 0.385. The van der Waals surface area contributed by atoms with Gasteiger partial charge in [-0.1, -0.05) is 30.4 Å². The van der Waals surface area contributed by atoms with E-state index in [0.29, 0.717) is 0 Å². The summed E-state index contributed by atoms with van der Waals surface area (Å²) in [6.45, 7) is 3.53. The minimum absolute atomic E-state index is 0.0808. The molecule has 0 unspecified atom stereocenters. The summed E-state index contributed by atoms with van der Waals surface area (Å²) in [5, 5.41) is 8.81. The molecule has 1 aromatic carbocycles. The zero-order valence-corrected chi connectivity index (χ0v) is 9.30. The molecule has 2 rings (SSSR count). The first-order chi connectivity index (χ1) is 7.92. The van der Waals surface area contributed by atoms with Crippen LogP contribution in [0.1, 0.15) is 5.56 Å². The van der Waals surface area contributed by atoms with Gasteiger partial charge in [-0.2, -0.15) is 0 Å². The van der Waals surface area contributed by atoms with Crippen LogP contribution in [-0.4, -0.2) is 38.0 Å². The van der Waals surface area contributed by atoms with Crippen LogP contribution in [0.4, 0.5) is 5.69 Å². The SMILES string of the molecule is OCC=Cc1ccccc1N1CCOCC1. The van der Waals surface area contributed by atoms with Crippen molar-refractivity contribution < 1.29 is 9.84 Å². The molecule has 0 bridgehead atoms. The summed E-state index contributed by atoms with van der Waals surface area (Å²) >= 11 is 0. The van der Waals surface area contributed by atoms with Crippen molar-refractivity contribution in [2.45, 2.75) is 0 Å². The maximum absolute atomic E-state index is 8.81. The summed E-state index contributed by atoms with van der Waals surface area (Å²) in [5.74, 6) is 0. The molecule has 1 fully saturated rings. The molecule has 3 heteroatoms. The van der Waals surface area contributed by atoms with Crippen LogP contribution in [0.15, 0.2) is 30.3 Å². The van der Waals surface area contributed by atoms with E-state index >= 15 is 0 Å². The van der Waals surface area contributed by atoms with Crippen molar-refractivity contribution in [2.75, 3.05) is 37.8 Å². The van der Waals surface area contributed by atoms with Crippen LogP contribution in [0.2, 0.25) is 0 Å². The summed E-state index contributed by atoms with van der Waals surface area (Å²) in [4.78, 5) is 2.32. The van der Waals surface area contributed by atoms with E-state index in [4.69, 9.17) is 9.84 Å². The Morgan fingerprint density at radius 3 is 2.75 bits per heavy atom. The highest BCUT2D eigenvalue weighted by Crippen LogP contribution is 2.22. The number of anilines is 1. The average molecular weight is 219 g/mol. The predicted molar refractivity (Wildman–Crippen MR) is 65.6 cm³/mol. The third-order valence-corrected chi connectivity index (χ3v) is 2.69. The molecule has 0 amide bonds. The Morgan fingerprint density at radius 1 is 1.25 bits per heavy atom. The topological polar surface area (TPSA) is 32.7 Å². The highest BCUT2D eigenvalue weighted by molar-refractivity contribution is 5.67. The maximum Gasteiger partial charge on any atom is 0.0642 e. The standard InChI is InChI=1S/C13H17NO2/c15-9-3-5-12-4-1-2-6-13(12)14-7-10-16-11-8-14/h1-6,15H,7-11H2. The monoisotopic (exact) mass is 219 g/mol. The first-order valence-corrected chi connectivity index (χ1v) is 5.61. The van der Waals surface area contributed by atoms with Crippen molar-refractivity contribution in [1.82, 2.24) is 0 Å². The van der Waals surface area contributed by atoms with E-state index in [1.165, 1.54) is 5.69 Å². The minimum atomic E-state index is 0.0808. The van der Waals surface area contributed by atoms with Crippen molar-refractivity contribution in [3.05, 3.63) is 35.9 Å². The van der Waals surface area contributed by atoms with Gasteiger partial charge in [0.25, 0.3) is 0 Å². The van der Waals surface area contributed by atoms with Crippen LogP contribution in [0, 0.1) is 0 Å². The Hall–Kier alpha value is -1.32. The number of aliphatic hydroxyl groups is 1.